The van der Waals surface area contributed by atoms with Gasteiger partial charge in [-0.1, -0.05) is 6.07 Å². The molecule has 1 N–H and O–H groups in total. The number of hydrogen-bond donors (Lipinski definition) is 1. The van der Waals surface area contributed by atoms with E-state index < -0.39 is 14.9 Å². The van der Waals surface area contributed by atoms with E-state index in [1.54, 1.807) is 18.2 Å². The zero-order valence-electron chi connectivity index (χ0n) is 12.9. The minimum Gasteiger partial charge on any atom is -0.331 e. The maximum Gasteiger partial charge on any atom is 0.270 e. The molecule has 0 atom stereocenters. The largest absolute Gasteiger partial charge is 0.331 e. The molecule has 1 aromatic heterocycles. The Morgan fingerprint density at radius 1 is 1.21 bits per heavy atom. The van der Waals surface area contributed by atoms with E-state index in [0.29, 0.717) is 11.2 Å². The standard InChI is InChI=1S/C15H14N4O4S/c1-10-16-14-8-11(6-7-15(14)18(10)2)17-24(22,23)13-5-3-4-12(9-13)19(20)21/h3-9,17H,1-2H3. The molecule has 0 spiro atoms. The van der Waals surface area contributed by atoms with Gasteiger partial charge in [-0.15, -0.1) is 0 Å². The number of nitro groups is 1. The summed E-state index contributed by atoms with van der Waals surface area (Å²) < 4.78 is 29.2. The highest BCUT2D eigenvalue weighted by molar-refractivity contribution is 7.92. The van der Waals surface area contributed by atoms with E-state index in [1.807, 2.05) is 18.5 Å². The molecule has 2 aromatic carbocycles. The van der Waals surface area contributed by atoms with E-state index in [9.17, 15) is 18.5 Å². The van der Waals surface area contributed by atoms with Gasteiger partial charge in [0.15, 0.2) is 0 Å². The lowest BCUT2D eigenvalue weighted by molar-refractivity contribution is -0.385. The van der Waals surface area contributed by atoms with E-state index in [1.165, 1.54) is 18.2 Å². The van der Waals surface area contributed by atoms with Crippen molar-refractivity contribution in [3.63, 3.8) is 0 Å². The van der Waals surface area contributed by atoms with Crippen molar-refractivity contribution in [3.05, 3.63) is 58.4 Å². The van der Waals surface area contributed by atoms with Crippen LogP contribution < -0.4 is 4.72 Å². The van der Waals surface area contributed by atoms with Crippen LogP contribution in [-0.4, -0.2) is 22.9 Å². The molecule has 3 aromatic rings. The molecular formula is C15H14N4O4S. The van der Waals surface area contributed by atoms with Gasteiger partial charge in [0.05, 0.1) is 26.5 Å². The van der Waals surface area contributed by atoms with Crippen LogP contribution in [0, 0.1) is 17.0 Å². The molecule has 9 heteroatoms. The predicted molar refractivity (Wildman–Crippen MR) is 89.4 cm³/mol. The second-order valence-corrected chi connectivity index (χ2v) is 6.96. The predicted octanol–water partition coefficient (Wildman–Crippen LogP) is 2.59. The van der Waals surface area contributed by atoms with Crippen molar-refractivity contribution in [1.82, 2.24) is 9.55 Å². The Kier molecular flexibility index (Phi) is 3.72. The van der Waals surface area contributed by atoms with Gasteiger partial charge in [-0.05, 0) is 31.2 Å². The second kappa shape index (κ2) is 5.60. The van der Waals surface area contributed by atoms with Crippen molar-refractivity contribution in [2.45, 2.75) is 11.8 Å². The fraction of sp³-hybridized carbons (Fsp3) is 0.133. The first-order valence-electron chi connectivity index (χ1n) is 6.98. The SMILES string of the molecule is Cc1nc2cc(NS(=O)(=O)c3cccc([N+](=O)[O-])c3)ccc2n1C. The molecule has 0 unspecified atom stereocenters. The summed E-state index contributed by atoms with van der Waals surface area (Å²) in [7, 11) is -2.06. The van der Waals surface area contributed by atoms with Crippen LogP contribution in [0.1, 0.15) is 5.82 Å². The first-order chi connectivity index (χ1) is 11.3. The van der Waals surface area contributed by atoms with E-state index in [2.05, 4.69) is 9.71 Å². The molecule has 3 rings (SSSR count). The van der Waals surface area contributed by atoms with Crippen molar-refractivity contribution in [2.24, 2.45) is 7.05 Å². The summed E-state index contributed by atoms with van der Waals surface area (Å²) in [6.45, 7) is 1.85. The van der Waals surface area contributed by atoms with Crippen molar-refractivity contribution >= 4 is 32.4 Å². The van der Waals surface area contributed by atoms with Gasteiger partial charge in [0.1, 0.15) is 5.82 Å². The number of benzene rings is 2. The average molecular weight is 346 g/mol. The number of imidazole rings is 1. The van der Waals surface area contributed by atoms with Crippen LogP contribution in [0.15, 0.2) is 47.4 Å². The number of nitrogens with one attached hydrogen (secondary N) is 1. The molecule has 0 amide bonds. The number of aromatic nitrogens is 2. The summed E-state index contributed by atoms with van der Waals surface area (Å²) in [6.07, 6.45) is 0. The number of nitrogens with zero attached hydrogens (tertiary/aromatic N) is 3. The van der Waals surface area contributed by atoms with Crippen LogP contribution in [-0.2, 0) is 17.1 Å². The van der Waals surface area contributed by atoms with Gasteiger partial charge >= 0.3 is 0 Å². The van der Waals surface area contributed by atoms with Crippen molar-refractivity contribution < 1.29 is 13.3 Å². The van der Waals surface area contributed by atoms with E-state index in [4.69, 9.17) is 0 Å². The van der Waals surface area contributed by atoms with Gasteiger partial charge < -0.3 is 4.57 Å². The van der Waals surface area contributed by atoms with Crippen LogP contribution in [0.2, 0.25) is 0 Å². The molecule has 24 heavy (non-hydrogen) atoms. The molecule has 0 bridgehead atoms. The van der Waals surface area contributed by atoms with Crippen molar-refractivity contribution in [1.29, 1.82) is 0 Å². The Morgan fingerprint density at radius 3 is 2.67 bits per heavy atom. The number of hydrogen-bond acceptors (Lipinski definition) is 5. The van der Waals surface area contributed by atoms with Gasteiger partial charge in [0.2, 0.25) is 0 Å². The lowest BCUT2D eigenvalue weighted by Gasteiger charge is -2.08. The fourth-order valence-electron chi connectivity index (χ4n) is 2.36. The minimum atomic E-state index is -3.93. The summed E-state index contributed by atoms with van der Waals surface area (Å²) in [5.41, 5.74) is 1.60. The number of anilines is 1. The summed E-state index contributed by atoms with van der Waals surface area (Å²) in [5.74, 6) is 0.809. The highest BCUT2D eigenvalue weighted by atomic mass is 32.2. The third-order valence-electron chi connectivity index (χ3n) is 3.70. The average Bonchev–Trinajstić information content (AvgIpc) is 2.81. The Bertz CT molecular complexity index is 1060. The molecule has 0 fully saturated rings. The summed E-state index contributed by atoms with van der Waals surface area (Å²) in [6, 6.07) is 9.90. The van der Waals surface area contributed by atoms with Gasteiger partial charge in [-0.2, -0.15) is 0 Å². The Labute approximate surface area is 138 Å². The molecule has 0 aliphatic rings. The summed E-state index contributed by atoms with van der Waals surface area (Å²) in [5, 5.41) is 10.8. The third kappa shape index (κ3) is 2.81. The Hall–Kier alpha value is -2.94. The molecular weight excluding hydrogens is 332 g/mol. The third-order valence-corrected chi connectivity index (χ3v) is 5.07. The molecule has 0 aliphatic carbocycles. The van der Waals surface area contributed by atoms with Crippen molar-refractivity contribution in [3.8, 4) is 0 Å². The van der Waals surface area contributed by atoms with E-state index in [-0.39, 0.29) is 10.6 Å². The summed E-state index contributed by atoms with van der Waals surface area (Å²) in [4.78, 5) is 14.3. The van der Waals surface area contributed by atoms with E-state index in [0.717, 1.165) is 17.4 Å². The molecule has 0 aliphatic heterocycles. The zero-order chi connectivity index (χ0) is 17.5. The summed E-state index contributed by atoms with van der Waals surface area (Å²) >= 11 is 0. The lowest BCUT2D eigenvalue weighted by atomic mass is 10.3. The van der Waals surface area contributed by atoms with Crippen LogP contribution in [0.4, 0.5) is 11.4 Å². The van der Waals surface area contributed by atoms with Crippen LogP contribution in [0.25, 0.3) is 11.0 Å². The van der Waals surface area contributed by atoms with Crippen LogP contribution in [0.3, 0.4) is 0 Å². The van der Waals surface area contributed by atoms with Crippen LogP contribution in [0.5, 0.6) is 0 Å². The van der Waals surface area contributed by atoms with Crippen LogP contribution >= 0.6 is 0 Å². The maximum atomic E-state index is 12.4. The second-order valence-electron chi connectivity index (χ2n) is 5.28. The normalized spacial score (nSPS) is 11.6. The topological polar surface area (TPSA) is 107 Å². The highest BCUT2D eigenvalue weighted by Crippen LogP contribution is 2.23. The van der Waals surface area contributed by atoms with Gasteiger partial charge in [0, 0.05) is 19.2 Å². The van der Waals surface area contributed by atoms with Gasteiger partial charge in [0.25, 0.3) is 15.7 Å². The maximum absolute atomic E-state index is 12.4. The first-order valence-corrected chi connectivity index (χ1v) is 8.46. The van der Waals surface area contributed by atoms with E-state index >= 15 is 0 Å². The first kappa shape index (κ1) is 15.9. The number of sulfonamides is 1. The van der Waals surface area contributed by atoms with Crippen molar-refractivity contribution in [2.75, 3.05) is 4.72 Å². The number of rotatable bonds is 4. The minimum absolute atomic E-state index is 0.172. The monoisotopic (exact) mass is 346 g/mol. The molecule has 124 valence electrons. The molecule has 0 saturated carbocycles. The Balaban J connectivity index is 1.97. The Morgan fingerprint density at radius 2 is 1.96 bits per heavy atom. The number of aryl methyl sites for hydroxylation is 2. The van der Waals surface area contributed by atoms with Gasteiger partial charge in [-0.25, -0.2) is 13.4 Å². The molecule has 0 radical (unpaired) electrons. The molecule has 8 nitrogen and oxygen atoms in total. The molecule has 1 heterocycles. The number of fused-ring (bicyclic) bond motifs is 1. The number of nitro benzene ring substituents is 1. The lowest BCUT2D eigenvalue weighted by Crippen LogP contribution is -2.13. The zero-order valence-corrected chi connectivity index (χ0v) is 13.7. The highest BCUT2D eigenvalue weighted by Gasteiger charge is 2.18. The van der Waals surface area contributed by atoms with Gasteiger partial charge in [-0.3, -0.25) is 14.8 Å². The quantitative estimate of drug-likeness (QED) is 0.577. The fourth-order valence-corrected chi connectivity index (χ4v) is 3.45. The number of non-ortho nitro benzene ring substituents is 1. The molecule has 0 saturated heterocycles. The smallest absolute Gasteiger partial charge is 0.270 e.